The number of benzene rings is 2. The van der Waals surface area contributed by atoms with E-state index in [9.17, 15) is 14.4 Å². The van der Waals surface area contributed by atoms with E-state index in [4.69, 9.17) is 10.5 Å². The molecule has 0 unspecified atom stereocenters. The van der Waals surface area contributed by atoms with Crippen LogP contribution in [0.25, 0.3) is 0 Å². The molecule has 4 N–H and O–H groups in total. The van der Waals surface area contributed by atoms with E-state index in [1.54, 1.807) is 42.5 Å². The second-order valence-electron chi connectivity index (χ2n) is 5.49. The van der Waals surface area contributed by atoms with Crippen molar-refractivity contribution >= 4 is 45.0 Å². The first-order chi connectivity index (χ1) is 12.3. The summed E-state index contributed by atoms with van der Waals surface area (Å²) >= 11 is 3.32. The van der Waals surface area contributed by atoms with Crippen molar-refractivity contribution in [1.29, 1.82) is 0 Å². The predicted octanol–water partition coefficient (Wildman–Crippen LogP) is 2.45. The van der Waals surface area contributed by atoms with E-state index in [2.05, 4.69) is 26.6 Å². The summed E-state index contributed by atoms with van der Waals surface area (Å²) in [6, 6.07) is 11.9. The van der Waals surface area contributed by atoms with Gasteiger partial charge in [-0.25, -0.2) is 0 Å². The summed E-state index contributed by atoms with van der Waals surface area (Å²) in [5, 5.41) is 5.34. The third kappa shape index (κ3) is 6.21. The van der Waals surface area contributed by atoms with Gasteiger partial charge in [0, 0.05) is 11.4 Å². The molecule has 136 valence electrons. The van der Waals surface area contributed by atoms with Gasteiger partial charge in [0.05, 0.1) is 17.8 Å². The molecular weight excluding hydrogens is 402 g/mol. The van der Waals surface area contributed by atoms with Gasteiger partial charge < -0.3 is 21.1 Å². The van der Waals surface area contributed by atoms with Gasteiger partial charge in [-0.1, -0.05) is 28.1 Å². The van der Waals surface area contributed by atoms with Crippen molar-refractivity contribution in [2.75, 3.05) is 17.2 Å². The lowest BCUT2D eigenvalue weighted by molar-refractivity contribution is -0.118. The molecule has 0 heterocycles. The number of anilines is 2. The van der Waals surface area contributed by atoms with Gasteiger partial charge >= 0.3 is 0 Å². The highest BCUT2D eigenvalue weighted by Crippen LogP contribution is 2.26. The quantitative estimate of drug-likeness (QED) is 0.639. The van der Waals surface area contributed by atoms with Crippen molar-refractivity contribution in [3.05, 3.63) is 52.5 Å². The van der Waals surface area contributed by atoms with Gasteiger partial charge in [-0.15, -0.1) is 0 Å². The van der Waals surface area contributed by atoms with Crippen molar-refractivity contribution in [1.82, 2.24) is 0 Å². The summed E-state index contributed by atoms with van der Waals surface area (Å²) in [5.41, 5.74) is 6.85. The number of nitrogens with one attached hydrogen (secondary N) is 2. The van der Waals surface area contributed by atoms with Gasteiger partial charge in [-0.2, -0.15) is 0 Å². The number of carbonyl (C=O) groups is 3. The summed E-state index contributed by atoms with van der Waals surface area (Å²) < 4.78 is 6.18. The Balaban J connectivity index is 1.95. The molecule has 8 heteroatoms. The van der Waals surface area contributed by atoms with Gasteiger partial charge in [0.25, 0.3) is 5.91 Å². The minimum atomic E-state index is -0.415. The summed E-state index contributed by atoms with van der Waals surface area (Å²) in [6.45, 7) is 1.18. The van der Waals surface area contributed by atoms with E-state index >= 15 is 0 Å². The minimum Gasteiger partial charge on any atom is -0.484 e. The molecule has 2 aromatic carbocycles. The molecule has 0 saturated heterocycles. The Labute approximate surface area is 159 Å². The molecule has 0 radical (unpaired) electrons. The van der Waals surface area contributed by atoms with E-state index in [-0.39, 0.29) is 24.8 Å². The highest BCUT2D eigenvalue weighted by Gasteiger charge is 2.10. The average molecular weight is 420 g/mol. The number of carbonyl (C=O) groups excluding carboxylic acids is 3. The van der Waals surface area contributed by atoms with Crippen LogP contribution in [0.5, 0.6) is 5.75 Å². The molecule has 0 aromatic heterocycles. The van der Waals surface area contributed by atoms with Crippen LogP contribution in [0.2, 0.25) is 0 Å². The second-order valence-corrected chi connectivity index (χ2v) is 6.41. The Bertz CT molecular complexity index is 822. The molecule has 0 saturated carbocycles. The molecule has 2 rings (SSSR count). The monoisotopic (exact) mass is 419 g/mol. The van der Waals surface area contributed by atoms with Gasteiger partial charge in [-0.05, 0) is 35.9 Å². The maximum absolute atomic E-state index is 12.1. The normalized spacial score (nSPS) is 10.1. The van der Waals surface area contributed by atoms with Crippen molar-refractivity contribution in [3.8, 4) is 5.75 Å². The number of rotatable bonds is 7. The molecule has 3 amide bonds. The van der Waals surface area contributed by atoms with Crippen LogP contribution in [-0.2, 0) is 20.8 Å². The molecule has 0 bridgehead atoms. The molecule has 0 atom stereocenters. The van der Waals surface area contributed by atoms with Crippen LogP contribution >= 0.6 is 15.9 Å². The molecule has 26 heavy (non-hydrogen) atoms. The topological polar surface area (TPSA) is 111 Å². The number of hydrogen-bond acceptors (Lipinski definition) is 4. The van der Waals surface area contributed by atoms with Gasteiger partial charge in [0.15, 0.2) is 6.61 Å². The van der Waals surface area contributed by atoms with Crippen LogP contribution in [0.4, 0.5) is 11.4 Å². The maximum atomic E-state index is 12.1. The Morgan fingerprint density at radius 2 is 1.73 bits per heavy atom. The van der Waals surface area contributed by atoms with Crippen LogP contribution in [0, 0.1) is 0 Å². The molecule has 0 aliphatic rings. The molecule has 2 aromatic rings. The summed E-state index contributed by atoms with van der Waals surface area (Å²) in [6.07, 6.45) is 0.148. The van der Waals surface area contributed by atoms with E-state index in [1.807, 2.05) is 0 Å². The fraction of sp³-hybridized carbons (Fsp3) is 0.167. The van der Waals surface area contributed by atoms with Gasteiger partial charge in [-0.3, -0.25) is 14.4 Å². The first kappa shape index (κ1) is 19.5. The first-order valence-electron chi connectivity index (χ1n) is 7.70. The third-order valence-corrected chi connectivity index (χ3v) is 3.73. The van der Waals surface area contributed by atoms with E-state index in [0.29, 0.717) is 17.1 Å². The molecule has 0 spiro atoms. The van der Waals surface area contributed by atoms with Gasteiger partial charge in [0.1, 0.15) is 5.75 Å². The molecule has 0 aliphatic carbocycles. The lowest BCUT2D eigenvalue weighted by atomic mass is 10.1. The van der Waals surface area contributed by atoms with Crippen LogP contribution < -0.4 is 21.1 Å². The number of amides is 3. The van der Waals surface area contributed by atoms with Crippen molar-refractivity contribution in [2.45, 2.75) is 13.3 Å². The smallest absolute Gasteiger partial charge is 0.262 e. The Morgan fingerprint density at radius 1 is 1.04 bits per heavy atom. The SMILES string of the molecule is CC(=O)Nc1ccc(Br)cc1NC(=O)COc1ccc(CC(N)=O)cc1. The van der Waals surface area contributed by atoms with Crippen molar-refractivity contribution in [2.24, 2.45) is 5.73 Å². The zero-order valence-corrected chi connectivity index (χ0v) is 15.6. The highest BCUT2D eigenvalue weighted by atomic mass is 79.9. The molecular formula is C18H18BrN3O4. The summed E-state index contributed by atoms with van der Waals surface area (Å²) in [5.74, 6) is -0.544. The standard InChI is InChI=1S/C18H18BrN3O4/c1-11(23)21-15-7-4-13(19)9-16(15)22-18(25)10-26-14-5-2-12(3-6-14)8-17(20)24/h2-7,9H,8,10H2,1H3,(H2,20,24)(H,21,23)(H,22,25). The average Bonchev–Trinajstić information content (AvgIpc) is 2.56. The number of ether oxygens (including phenoxy) is 1. The van der Waals surface area contributed by atoms with E-state index in [1.165, 1.54) is 6.92 Å². The van der Waals surface area contributed by atoms with Crippen LogP contribution in [-0.4, -0.2) is 24.3 Å². The largest absolute Gasteiger partial charge is 0.484 e. The highest BCUT2D eigenvalue weighted by molar-refractivity contribution is 9.10. The maximum Gasteiger partial charge on any atom is 0.262 e. The zero-order chi connectivity index (χ0) is 19.1. The first-order valence-corrected chi connectivity index (χ1v) is 8.50. The third-order valence-electron chi connectivity index (χ3n) is 3.24. The fourth-order valence-electron chi connectivity index (χ4n) is 2.16. The molecule has 0 fully saturated rings. The van der Waals surface area contributed by atoms with Gasteiger partial charge in [0.2, 0.25) is 11.8 Å². The van der Waals surface area contributed by atoms with Crippen LogP contribution in [0.1, 0.15) is 12.5 Å². The van der Waals surface area contributed by atoms with E-state index in [0.717, 1.165) is 10.0 Å². The Kier molecular flexibility index (Phi) is 6.74. The Hall–Kier alpha value is -2.87. The number of halogens is 1. The summed E-state index contributed by atoms with van der Waals surface area (Å²) in [7, 11) is 0. The lowest BCUT2D eigenvalue weighted by Gasteiger charge is -2.12. The van der Waals surface area contributed by atoms with Crippen LogP contribution in [0.15, 0.2) is 46.9 Å². The minimum absolute atomic E-state index is 0.148. The van der Waals surface area contributed by atoms with Crippen LogP contribution in [0.3, 0.4) is 0 Å². The Morgan fingerprint density at radius 3 is 2.35 bits per heavy atom. The zero-order valence-electron chi connectivity index (χ0n) is 14.0. The summed E-state index contributed by atoms with van der Waals surface area (Å²) in [4.78, 5) is 34.2. The predicted molar refractivity (Wildman–Crippen MR) is 102 cm³/mol. The molecule has 7 nitrogen and oxygen atoms in total. The molecule has 0 aliphatic heterocycles. The van der Waals surface area contributed by atoms with Crippen molar-refractivity contribution < 1.29 is 19.1 Å². The lowest BCUT2D eigenvalue weighted by Crippen LogP contribution is -2.21. The number of nitrogens with two attached hydrogens (primary N) is 1. The number of hydrogen-bond donors (Lipinski definition) is 3. The second kappa shape index (κ2) is 9.00. The fourth-order valence-corrected chi connectivity index (χ4v) is 2.52. The van der Waals surface area contributed by atoms with E-state index < -0.39 is 5.91 Å². The van der Waals surface area contributed by atoms with Crippen molar-refractivity contribution in [3.63, 3.8) is 0 Å². The number of primary amides is 1.